The Morgan fingerprint density at radius 2 is 2.19 bits per heavy atom. The summed E-state index contributed by atoms with van der Waals surface area (Å²) in [6, 6.07) is 4.41. The zero-order chi connectivity index (χ0) is 12.3. The molecule has 1 aromatic carbocycles. The van der Waals surface area contributed by atoms with E-state index in [1.807, 2.05) is 0 Å². The lowest BCUT2D eigenvalue weighted by molar-refractivity contribution is -0.431. The smallest absolute Gasteiger partial charge is 0.249 e. The van der Waals surface area contributed by atoms with Gasteiger partial charge in [0.15, 0.2) is 0 Å². The molecule has 86 valence electrons. The molecule has 0 aliphatic heterocycles. The maximum absolute atomic E-state index is 13.2. The van der Waals surface area contributed by atoms with Crippen molar-refractivity contribution in [1.29, 1.82) is 0 Å². The number of benzene rings is 1. The zero-order valence-electron chi connectivity index (χ0n) is 8.91. The van der Waals surface area contributed by atoms with Gasteiger partial charge < -0.3 is 0 Å². The first-order chi connectivity index (χ1) is 7.41. The van der Waals surface area contributed by atoms with Crippen molar-refractivity contribution in [2.24, 2.45) is 5.92 Å². The normalized spacial score (nSPS) is 11.9. The molecule has 1 aromatic rings. The molecule has 1 rings (SSSR count). The fourth-order valence-corrected chi connectivity index (χ4v) is 1.45. The minimum absolute atomic E-state index is 0.0710. The first-order valence-electron chi connectivity index (χ1n) is 4.73. The second kappa shape index (κ2) is 5.21. The summed E-state index contributed by atoms with van der Waals surface area (Å²) in [5.41, 5.74) is 0.558. The monoisotopic (exact) mass is 287 g/mol. The first kappa shape index (κ1) is 12.8. The Kier molecular flexibility index (Phi) is 4.18. The number of nitrogens with zero attached hydrogens (tertiary/aromatic N) is 1. The van der Waals surface area contributed by atoms with Gasteiger partial charge >= 0.3 is 0 Å². The van der Waals surface area contributed by atoms with Gasteiger partial charge in [0.25, 0.3) is 0 Å². The Balaban J connectivity index is 3.13. The molecule has 0 spiro atoms. The Bertz CT molecular complexity index is 444. The van der Waals surface area contributed by atoms with Gasteiger partial charge in [-0.2, -0.15) is 0 Å². The van der Waals surface area contributed by atoms with Crippen molar-refractivity contribution in [2.75, 3.05) is 0 Å². The van der Waals surface area contributed by atoms with Crippen LogP contribution in [0.1, 0.15) is 19.4 Å². The molecule has 0 aromatic heterocycles. The summed E-state index contributed by atoms with van der Waals surface area (Å²) in [5.74, 6) is -0.637. The fourth-order valence-electron chi connectivity index (χ4n) is 1.20. The standard InChI is InChI=1S/C11H11BrFNO2/c1-7(2)11(14(15)16)6-8-3-4-9(12)10(13)5-8/h3-7H,1-2H3/b11-6-. The molecule has 5 heteroatoms. The number of nitro groups is 1. The molecular formula is C11H11BrFNO2. The van der Waals surface area contributed by atoms with Crippen molar-refractivity contribution in [3.8, 4) is 0 Å². The molecule has 16 heavy (non-hydrogen) atoms. The molecule has 0 aliphatic rings. The number of hydrogen-bond acceptors (Lipinski definition) is 2. The van der Waals surface area contributed by atoms with Crippen LogP contribution in [0.4, 0.5) is 4.39 Å². The maximum atomic E-state index is 13.2. The van der Waals surface area contributed by atoms with E-state index >= 15 is 0 Å². The van der Waals surface area contributed by atoms with Crippen LogP contribution in [0, 0.1) is 21.8 Å². The van der Waals surface area contributed by atoms with Crippen molar-refractivity contribution in [3.63, 3.8) is 0 Å². The molecule has 0 bridgehead atoms. The predicted octanol–water partition coefficient (Wildman–Crippen LogP) is 3.86. The average molecular weight is 288 g/mol. The second-order valence-corrected chi connectivity index (χ2v) is 4.51. The lowest BCUT2D eigenvalue weighted by Gasteiger charge is -2.02. The van der Waals surface area contributed by atoms with E-state index in [0.29, 0.717) is 10.0 Å². The molecule has 0 amide bonds. The van der Waals surface area contributed by atoms with Crippen molar-refractivity contribution in [3.05, 3.63) is 49.9 Å². The molecule has 0 saturated carbocycles. The summed E-state index contributed by atoms with van der Waals surface area (Å²) in [7, 11) is 0. The highest BCUT2D eigenvalue weighted by Gasteiger charge is 2.15. The highest BCUT2D eigenvalue weighted by molar-refractivity contribution is 9.10. The highest BCUT2D eigenvalue weighted by atomic mass is 79.9. The molecular weight excluding hydrogens is 277 g/mol. The molecule has 0 atom stereocenters. The van der Waals surface area contributed by atoms with Crippen molar-refractivity contribution >= 4 is 22.0 Å². The number of halogens is 2. The maximum Gasteiger partial charge on any atom is 0.249 e. The Morgan fingerprint density at radius 3 is 2.62 bits per heavy atom. The van der Waals surface area contributed by atoms with Crippen LogP contribution in [0.5, 0.6) is 0 Å². The Morgan fingerprint density at radius 1 is 1.56 bits per heavy atom. The van der Waals surface area contributed by atoms with Crippen LogP contribution in [0.3, 0.4) is 0 Å². The zero-order valence-corrected chi connectivity index (χ0v) is 10.5. The van der Waals surface area contributed by atoms with Gasteiger partial charge in [-0.3, -0.25) is 10.1 Å². The fraction of sp³-hybridized carbons (Fsp3) is 0.273. The van der Waals surface area contributed by atoms with Crippen LogP contribution in [0.15, 0.2) is 28.4 Å². The van der Waals surface area contributed by atoms with E-state index in [1.54, 1.807) is 19.9 Å². The van der Waals surface area contributed by atoms with Gasteiger partial charge in [0.05, 0.1) is 9.40 Å². The Labute approximate surface area is 101 Å². The second-order valence-electron chi connectivity index (χ2n) is 3.65. The van der Waals surface area contributed by atoms with Crippen LogP contribution in [-0.2, 0) is 0 Å². The number of hydrogen-bond donors (Lipinski definition) is 0. The number of rotatable bonds is 3. The van der Waals surface area contributed by atoms with Gasteiger partial charge in [-0.15, -0.1) is 0 Å². The quantitative estimate of drug-likeness (QED) is 0.626. The van der Waals surface area contributed by atoms with Crippen LogP contribution >= 0.6 is 15.9 Å². The van der Waals surface area contributed by atoms with Gasteiger partial charge in [0, 0.05) is 12.0 Å². The van der Waals surface area contributed by atoms with Gasteiger partial charge in [-0.1, -0.05) is 19.9 Å². The van der Waals surface area contributed by atoms with E-state index < -0.39 is 10.7 Å². The van der Waals surface area contributed by atoms with E-state index in [1.165, 1.54) is 18.2 Å². The van der Waals surface area contributed by atoms with E-state index in [2.05, 4.69) is 15.9 Å². The van der Waals surface area contributed by atoms with Gasteiger partial charge in [0.1, 0.15) is 5.82 Å². The minimum Gasteiger partial charge on any atom is -0.259 e. The minimum atomic E-state index is -0.440. The number of allylic oxidation sites excluding steroid dienone is 1. The molecule has 0 fully saturated rings. The van der Waals surface area contributed by atoms with Gasteiger partial charge in [-0.05, 0) is 33.6 Å². The van der Waals surface area contributed by atoms with Crippen LogP contribution < -0.4 is 0 Å². The summed E-state index contributed by atoms with van der Waals surface area (Å²) >= 11 is 3.02. The summed E-state index contributed by atoms with van der Waals surface area (Å²) in [5, 5.41) is 10.7. The summed E-state index contributed by atoms with van der Waals surface area (Å²) in [6.45, 7) is 3.45. The van der Waals surface area contributed by atoms with Crippen LogP contribution in [0.2, 0.25) is 0 Å². The summed E-state index contributed by atoms with van der Waals surface area (Å²) in [4.78, 5) is 10.3. The third kappa shape index (κ3) is 3.13. The largest absolute Gasteiger partial charge is 0.259 e. The molecule has 0 saturated heterocycles. The van der Waals surface area contributed by atoms with Crippen LogP contribution in [-0.4, -0.2) is 4.92 Å². The lowest BCUT2D eigenvalue weighted by Crippen LogP contribution is -2.05. The van der Waals surface area contributed by atoms with Crippen molar-refractivity contribution < 1.29 is 9.31 Å². The lowest BCUT2D eigenvalue weighted by atomic mass is 10.1. The van der Waals surface area contributed by atoms with Gasteiger partial charge in [0.2, 0.25) is 5.70 Å². The molecule has 0 aliphatic carbocycles. The Hall–Kier alpha value is -1.23. The average Bonchev–Trinajstić information content (AvgIpc) is 2.18. The van der Waals surface area contributed by atoms with Crippen molar-refractivity contribution in [1.82, 2.24) is 0 Å². The molecule has 0 heterocycles. The molecule has 0 N–H and O–H groups in total. The van der Waals surface area contributed by atoms with E-state index in [9.17, 15) is 14.5 Å². The first-order valence-corrected chi connectivity index (χ1v) is 5.52. The van der Waals surface area contributed by atoms with Crippen LogP contribution in [0.25, 0.3) is 6.08 Å². The third-order valence-electron chi connectivity index (χ3n) is 2.06. The topological polar surface area (TPSA) is 43.1 Å². The molecule has 3 nitrogen and oxygen atoms in total. The summed E-state index contributed by atoms with van der Waals surface area (Å²) in [6.07, 6.45) is 1.39. The van der Waals surface area contributed by atoms with E-state index in [0.717, 1.165) is 0 Å². The van der Waals surface area contributed by atoms with E-state index in [4.69, 9.17) is 0 Å². The van der Waals surface area contributed by atoms with Gasteiger partial charge in [-0.25, -0.2) is 4.39 Å². The molecule has 0 radical (unpaired) electrons. The van der Waals surface area contributed by atoms with E-state index in [-0.39, 0.29) is 11.6 Å². The predicted molar refractivity (Wildman–Crippen MR) is 63.9 cm³/mol. The molecule has 0 unspecified atom stereocenters. The van der Waals surface area contributed by atoms with Crippen molar-refractivity contribution in [2.45, 2.75) is 13.8 Å². The summed E-state index contributed by atoms with van der Waals surface area (Å²) < 4.78 is 13.5. The highest BCUT2D eigenvalue weighted by Crippen LogP contribution is 2.20. The SMILES string of the molecule is CC(C)/C(=C/c1ccc(Br)c(F)c1)[N+](=O)[O-]. The third-order valence-corrected chi connectivity index (χ3v) is 2.70.